The molecule has 2 aliphatic rings. The second-order valence-electron chi connectivity index (χ2n) is 7.36. The monoisotopic (exact) mass is 360 g/mol. The molecule has 0 bridgehead atoms. The van der Waals surface area contributed by atoms with E-state index in [0.29, 0.717) is 31.2 Å². The van der Waals surface area contributed by atoms with Crippen molar-refractivity contribution in [3.63, 3.8) is 0 Å². The van der Waals surface area contributed by atoms with E-state index < -0.39 is 5.97 Å². The number of hydrogen-bond donors (Lipinski definition) is 1. The summed E-state index contributed by atoms with van der Waals surface area (Å²) in [4.78, 5) is 32.2. The average Bonchev–Trinajstić information content (AvgIpc) is 3.11. The summed E-state index contributed by atoms with van der Waals surface area (Å²) >= 11 is 0. The van der Waals surface area contributed by atoms with Gasteiger partial charge >= 0.3 is 5.97 Å². The third kappa shape index (κ3) is 4.34. The van der Waals surface area contributed by atoms with Gasteiger partial charge in [0.25, 0.3) is 0 Å². The number of hydrogen-bond acceptors (Lipinski definition) is 5. The number of likely N-dealkylation sites (N-methyl/N-ethyl adjacent to an activating group) is 1. The van der Waals surface area contributed by atoms with Crippen LogP contribution in [-0.2, 0) is 4.79 Å². The molecule has 0 radical (unpaired) electrons. The lowest BCUT2D eigenvalue weighted by Crippen LogP contribution is -2.51. The number of anilines is 1. The molecule has 7 heteroatoms. The summed E-state index contributed by atoms with van der Waals surface area (Å²) < 4.78 is 0. The minimum Gasteiger partial charge on any atom is -0.478 e. The highest BCUT2D eigenvalue weighted by Crippen LogP contribution is 2.18. The number of carboxylic acid groups (broad SMARTS) is 1. The Hall–Kier alpha value is -2.12. The van der Waals surface area contributed by atoms with Crippen LogP contribution in [0.3, 0.4) is 0 Å². The number of carbonyl (C=O) groups is 2. The molecular weight excluding hydrogens is 332 g/mol. The molecular formula is C19H28N4O3. The smallest absolute Gasteiger partial charge is 0.335 e. The summed E-state index contributed by atoms with van der Waals surface area (Å²) in [6.07, 6.45) is 1.13. The first-order valence-corrected chi connectivity index (χ1v) is 9.19. The van der Waals surface area contributed by atoms with Crippen LogP contribution in [0, 0.1) is 0 Å². The number of likely N-dealkylation sites (tertiary alicyclic amines) is 1. The zero-order valence-corrected chi connectivity index (χ0v) is 15.6. The van der Waals surface area contributed by atoms with Gasteiger partial charge in [0, 0.05) is 51.0 Å². The molecule has 142 valence electrons. The van der Waals surface area contributed by atoms with Crippen LogP contribution in [0.1, 0.15) is 16.8 Å². The lowest BCUT2D eigenvalue weighted by molar-refractivity contribution is -0.132. The molecule has 3 rings (SSSR count). The van der Waals surface area contributed by atoms with E-state index >= 15 is 0 Å². The minimum atomic E-state index is -0.912. The Morgan fingerprint density at radius 1 is 1.08 bits per heavy atom. The van der Waals surface area contributed by atoms with Crippen molar-refractivity contribution in [2.75, 3.05) is 64.8 Å². The molecule has 1 aromatic carbocycles. The summed E-state index contributed by atoms with van der Waals surface area (Å²) in [5.74, 6) is -0.698. The van der Waals surface area contributed by atoms with Crippen LogP contribution in [-0.4, -0.2) is 97.6 Å². The Morgan fingerprint density at radius 3 is 2.27 bits per heavy atom. The molecule has 1 atom stereocenters. The van der Waals surface area contributed by atoms with Gasteiger partial charge in [-0.3, -0.25) is 9.69 Å². The molecule has 1 amide bonds. The third-order valence-corrected chi connectivity index (χ3v) is 5.45. The van der Waals surface area contributed by atoms with Crippen LogP contribution in [0.2, 0.25) is 0 Å². The van der Waals surface area contributed by atoms with Gasteiger partial charge in [-0.2, -0.15) is 0 Å². The topological polar surface area (TPSA) is 67.3 Å². The maximum absolute atomic E-state index is 12.6. The second kappa shape index (κ2) is 8.05. The SMILES string of the molecule is CN(C)C1CCN(CC(=O)N2CCN(c3ccc(C(=O)O)cc3)CC2)C1. The molecule has 2 aliphatic heterocycles. The van der Waals surface area contributed by atoms with Gasteiger partial charge in [-0.25, -0.2) is 4.79 Å². The van der Waals surface area contributed by atoms with Crippen LogP contribution < -0.4 is 4.90 Å². The maximum Gasteiger partial charge on any atom is 0.335 e. The lowest BCUT2D eigenvalue weighted by Gasteiger charge is -2.36. The van der Waals surface area contributed by atoms with E-state index in [1.165, 1.54) is 0 Å². The maximum atomic E-state index is 12.6. The fourth-order valence-corrected chi connectivity index (χ4v) is 3.70. The standard InChI is InChI=1S/C19H28N4O3/c1-20(2)17-7-8-21(13-17)14-18(24)23-11-9-22(10-12-23)16-5-3-15(4-6-16)19(25)26/h3-6,17H,7-14H2,1-2H3,(H,25,26). The van der Waals surface area contributed by atoms with Crippen LogP contribution in [0.4, 0.5) is 5.69 Å². The molecule has 2 saturated heterocycles. The zero-order chi connectivity index (χ0) is 18.7. The summed E-state index contributed by atoms with van der Waals surface area (Å²) in [6.45, 7) is 5.45. The van der Waals surface area contributed by atoms with Gasteiger partial charge in [0.2, 0.25) is 5.91 Å². The molecule has 1 unspecified atom stereocenters. The van der Waals surface area contributed by atoms with Gasteiger partial charge in [-0.15, -0.1) is 0 Å². The van der Waals surface area contributed by atoms with Crippen LogP contribution in [0.25, 0.3) is 0 Å². The van der Waals surface area contributed by atoms with Crippen LogP contribution >= 0.6 is 0 Å². The predicted molar refractivity (Wildman–Crippen MR) is 101 cm³/mol. The second-order valence-corrected chi connectivity index (χ2v) is 7.36. The average molecular weight is 360 g/mol. The molecule has 2 heterocycles. The Balaban J connectivity index is 1.47. The van der Waals surface area contributed by atoms with E-state index in [4.69, 9.17) is 5.11 Å². The van der Waals surface area contributed by atoms with Gasteiger partial charge < -0.3 is 19.8 Å². The van der Waals surface area contributed by atoms with Gasteiger partial charge in [0.05, 0.1) is 12.1 Å². The van der Waals surface area contributed by atoms with Crippen molar-refractivity contribution in [2.24, 2.45) is 0 Å². The number of carbonyl (C=O) groups excluding carboxylic acids is 1. The highest BCUT2D eigenvalue weighted by molar-refractivity contribution is 5.88. The molecule has 7 nitrogen and oxygen atoms in total. The molecule has 2 fully saturated rings. The van der Waals surface area contributed by atoms with E-state index in [1.54, 1.807) is 12.1 Å². The highest BCUT2D eigenvalue weighted by Gasteiger charge is 2.28. The Labute approximate surface area is 154 Å². The van der Waals surface area contributed by atoms with Crippen molar-refractivity contribution in [2.45, 2.75) is 12.5 Å². The van der Waals surface area contributed by atoms with E-state index in [9.17, 15) is 9.59 Å². The highest BCUT2D eigenvalue weighted by atomic mass is 16.4. The minimum absolute atomic E-state index is 0.213. The number of amides is 1. The number of carboxylic acids is 1. The molecule has 0 saturated carbocycles. The summed E-state index contributed by atoms with van der Waals surface area (Å²) in [5, 5.41) is 8.98. The van der Waals surface area contributed by atoms with Gasteiger partial charge in [0.15, 0.2) is 0 Å². The van der Waals surface area contributed by atoms with Crippen LogP contribution in [0.5, 0.6) is 0 Å². The third-order valence-electron chi connectivity index (χ3n) is 5.45. The van der Waals surface area contributed by atoms with Crippen molar-refractivity contribution in [3.8, 4) is 0 Å². The fourth-order valence-electron chi connectivity index (χ4n) is 3.70. The van der Waals surface area contributed by atoms with E-state index in [0.717, 1.165) is 38.3 Å². The van der Waals surface area contributed by atoms with Crippen molar-refractivity contribution >= 4 is 17.6 Å². The normalized spacial score (nSPS) is 21.4. The first-order valence-electron chi connectivity index (χ1n) is 9.19. The zero-order valence-electron chi connectivity index (χ0n) is 15.6. The molecule has 0 aromatic heterocycles. The molecule has 26 heavy (non-hydrogen) atoms. The van der Waals surface area contributed by atoms with Crippen LogP contribution in [0.15, 0.2) is 24.3 Å². The number of rotatable bonds is 5. The predicted octanol–water partition coefficient (Wildman–Crippen LogP) is 0.669. The number of aromatic carboxylic acids is 1. The number of piperazine rings is 1. The summed E-state index contributed by atoms with van der Waals surface area (Å²) in [5.41, 5.74) is 1.31. The number of benzene rings is 1. The summed E-state index contributed by atoms with van der Waals surface area (Å²) in [7, 11) is 4.19. The van der Waals surface area contributed by atoms with Crippen molar-refractivity contribution in [1.82, 2.24) is 14.7 Å². The lowest BCUT2D eigenvalue weighted by atomic mass is 10.2. The Morgan fingerprint density at radius 2 is 1.73 bits per heavy atom. The largest absolute Gasteiger partial charge is 0.478 e. The molecule has 0 spiro atoms. The first-order chi connectivity index (χ1) is 12.4. The quantitative estimate of drug-likeness (QED) is 0.833. The van der Waals surface area contributed by atoms with Crippen molar-refractivity contribution in [1.29, 1.82) is 0 Å². The van der Waals surface area contributed by atoms with Crippen molar-refractivity contribution in [3.05, 3.63) is 29.8 Å². The fraction of sp³-hybridized carbons (Fsp3) is 0.579. The summed E-state index contributed by atoms with van der Waals surface area (Å²) in [6, 6.07) is 7.49. The van der Waals surface area contributed by atoms with Gasteiger partial charge in [-0.05, 0) is 44.8 Å². The Kier molecular flexibility index (Phi) is 5.78. The Bertz CT molecular complexity index is 639. The van der Waals surface area contributed by atoms with Gasteiger partial charge in [0.1, 0.15) is 0 Å². The molecule has 1 aromatic rings. The van der Waals surface area contributed by atoms with E-state index in [2.05, 4.69) is 28.8 Å². The van der Waals surface area contributed by atoms with E-state index in [1.807, 2.05) is 17.0 Å². The molecule has 0 aliphatic carbocycles. The van der Waals surface area contributed by atoms with E-state index in [-0.39, 0.29) is 5.91 Å². The van der Waals surface area contributed by atoms with Crippen molar-refractivity contribution < 1.29 is 14.7 Å². The number of nitrogens with zero attached hydrogens (tertiary/aromatic N) is 4. The molecule has 1 N–H and O–H groups in total. The first kappa shape index (κ1) is 18.7. The van der Waals surface area contributed by atoms with Gasteiger partial charge in [-0.1, -0.05) is 0 Å².